The molecule has 0 spiro atoms. The molecule has 5 rings (SSSR count). The van der Waals surface area contributed by atoms with Gasteiger partial charge in [-0.05, 0) is 66.0 Å². The van der Waals surface area contributed by atoms with Crippen LogP contribution in [0.15, 0.2) is 54.6 Å². The molecule has 2 N–H and O–H groups in total. The van der Waals surface area contributed by atoms with Crippen LogP contribution in [0.5, 0.6) is 0 Å². The van der Waals surface area contributed by atoms with Crippen molar-refractivity contribution in [2.45, 2.75) is 32.2 Å². The van der Waals surface area contributed by atoms with Gasteiger partial charge in [-0.2, -0.15) is 0 Å². The van der Waals surface area contributed by atoms with E-state index in [9.17, 15) is 9.59 Å². The zero-order valence-corrected chi connectivity index (χ0v) is 17.6. The minimum atomic E-state index is -0.0551. The monoisotopic (exact) mass is 413 g/mol. The van der Waals surface area contributed by atoms with Crippen molar-refractivity contribution < 1.29 is 9.59 Å². The number of hydrogen-bond acceptors (Lipinski definition) is 3. The van der Waals surface area contributed by atoms with Crippen LogP contribution in [0.3, 0.4) is 0 Å². The standard InChI is InChI=1S/C26H27N3O2/c30-24(17-27-23-13-12-20-11-10-19-4-3-5-22(23)25(19)20)28-16-18-6-8-21(9-7-18)26(31)29-14-1-2-15-29/h3-9,12-13,27H,1-2,10-11,14-17H2,(H,28,30). The van der Waals surface area contributed by atoms with Crippen LogP contribution in [0.25, 0.3) is 10.8 Å². The SMILES string of the molecule is O=C(CNc1ccc2c3c(cccc13)CC2)NCc1ccc(C(=O)N2CCCC2)cc1. The quantitative estimate of drug-likeness (QED) is 0.644. The Morgan fingerprint density at radius 3 is 2.39 bits per heavy atom. The van der Waals surface area contributed by atoms with Crippen molar-refractivity contribution in [3.05, 3.63) is 76.9 Å². The Hall–Kier alpha value is -3.34. The van der Waals surface area contributed by atoms with Gasteiger partial charge in [0, 0.05) is 36.3 Å². The highest BCUT2D eigenvalue weighted by molar-refractivity contribution is 6.00. The summed E-state index contributed by atoms with van der Waals surface area (Å²) in [4.78, 5) is 26.7. The maximum atomic E-state index is 12.4. The predicted octanol–water partition coefficient (Wildman–Crippen LogP) is 3.90. The number of carbonyl (C=O) groups is 2. The maximum absolute atomic E-state index is 12.4. The molecule has 0 unspecified atom stereocenters. The Morgan fingerprint density at radius 1 is 0.871 bits per heavy atom. The molecule has 0 aromatic heterocycles. The first-order chi connectivity index (χ1) is 15.2. The van der Waals surface area contributed by atoms with E-state index in [1.54, 1.807) is 0 Å². The highest BCUT2D eigenvalue weighted by Crippen LogP contribution is 2.34. The van der Waals surface area contributed by atoms with Gasteiger partial charge in [0.05, 0.1) is 6.54 Å². The lowest BCUT2D eigenvalue weighted by Crippen LogP contribution is -2.29. The Bertz CT molecular complexity index is 1120. The van der Waals surface area contributed by atoms with Crippen molar-refractivity contribution in [3.63, 3.8) is 0 Å². The zero-order chi connectivity index (χ0) is 21.2. The number of carbonyl (C=O) groups excluding carboxylic acids is 2. The molecule has 2 amide bonds. The molecule has 0 bridgehead atoms. The third-order valence-electron chi connectivity index (χ3n) is 6.40. The average Bonchev–Trinajstić information content (AvgIpc) is 3.49. The second kappa shape index (κ2) is 8.42. The van der Waals surface area contributed by atoms with Crippen LogP contribution in [0, 0.1) is 0 Å². The lowest BCUT2D eigenvalue weighted by atomic mass is 10.0. The molecular formula is C26H27N3O2. The third-order valence-corrected chi connectivity index (χ3v) is 6.40. The van der Waals surface area contributed by atoms with Gasteiger partial charge in [-0.3, -0.25) is 9.59 Å². The summed E-state index contributed by atoms with van der Waals surface area (Å²) in [6, 6.07) is 18.2. The van der Waals surface area contributed by atoms with Gasteiger partial charge in [0.2, 0.25) is 5.91 Å². The highest BCUT2D eigenvalue weighted by Gasteiger charge is 2.19. The van der Waals surface area contributed by atoms with Crippen molar-refractivity contribution >= 4 is 28.3 Å². The molecule has 1 aliphatic carbocycles. The van der Waals surface area contributed by atoms with Gasteiger partial charge in [-0.15, -0.1) is 0 Å². The number of rotatable bonds is 6. The number of aryl methyl sites for hydroxylation is 2. The second-order valence-corrected chi connectivity index (χ2v) is 8.44. The fourth-order valence-corrected chi connectivity index (χ4v) is 4.71. The summed E-state index contributed by atoms with van der Waals surface area (Å²) in [7, 11) is 0. The summed E-state index contributed by atoms with van der Waals surface area (Å²) in [6.45, 7) is 2.37. The van der Waals surface area contributed by atoms with Gasteiger partial charge in [0.25, 0.3) is 5.91 Å². The van der Waals surface area contributed by atoms with E-state index in [1.165, 1.54) is 21.9 Å². The predicted molar refractivity (Wildman–Crippen MR) is 123 cm³/mol. The lowest BCUT2D eigenvalue weighted by molar-refractivity contribution is -0.119. The minimum Gasteiger partial charge on any atom is -0.376 e. The maximum Gasteiger partial charge on any atom is 0.253 e. The molecule has 0 radical (unpaired) electrons. The minimum absolute atomic E-state index is 0.0551. The molecule has 1 saturated heterocycles. The summed E-state index contributed by atoms with van der Waals surface area (Å²) < 4.78 is 0. The molecule has 1 heterocycles. The van der Waals surface area contributed by atoms with Gasteiger partial charge in [0.1, 0.15) is 0 Å². The van der Waals surface area contributed by atoms with E-state index >= 15 is 0 Å². The Morgan fingerprint density at radius 2 is 1.61 bits per heavy atom. The van der Waals surface area contributed by atoms with Crippen LogP contribution in [-0.4, -0.2) is 36.3 Å². The first-order valence-corrected chi connectivity index (χ1v) is 11.1. The Labute approximate surface area is 182 Å². The summed E-state index contributed by atoms with van der Waals surface area (Å²) in [6.07, 6.45) is 4.37. The fraction of sp³-hybridized carbons (Fsp3) is 0.308. The van der Waals surface area contributed by atoms with Crippen LogP contribution >= 0.6 is 0 Å². The van der Waals surface area contributed by atoms with Crippen LogP contribution in [-0.2, 0) is 24.2 Å². The number of nitrogens with zero attached hydrogens (tertiary/aromatic N) is 1. The molecule has 1 aliphatic heterocycles. The molecule has 1 fully saturated rings. The van der Waals surface area contributed by atoms with Crippen LogP contribution in [0.1, 0.15) is 39.9 Å². The molecule has 3 aromatic rings. The van der Waals surface area contributed by atoms with E-state index in [4.69, 9.17) is 0 Å². The molecule has 0 saturated carbocycles. The van der Waals surface area contributed by atoms with Gasteiger partial charge in [-0.25, -0.2) is 0 Å². The van der Waals surface area contributed by atoms with Crippen molar-refractivity contribution in [3.8, 4) is 0 Å². The van der Waals surface area contributed by atoms with Gasteiger partial charge in [0.15, 0.2) is 0 Å². The zero-order valence-electron chi connectivity index (χ0n) is 17.6. The molecule has 5 nitrogen and oxygen atoms in total. The number of nitrogens with one attached hydrogen (secondary N) is 2. The Balaban J connectivity index is 1.16. The van der Waals surface area contributed by atoms with E-state index < -0.39 is 0 Å². The van der Waals surface area contributed by atoms with Crippen molar-refractivity contribution in [2.75, 3.05) is 25.0 Å². The molecule has 2 aliphatic rings. The number of hydrogen-bond donors (Lipinski definition) is 2. The highest BCUT2D eigenvalue weighted by atomic mass is 16.2. The van der Waals surface area contributed by atoms with Crippen molar-refractivity contribution in [1.29, 1.82) is 0 Å². The van der Waals surface area contributed by atoms with Gasteiger partial charge in [-0.1, -0.05) is 36.4 Å². The summed E-state index contributed by atoms with van der Waals surface area (Å²) >= 11 is 0. The number of benzene rings is 3. The van der Waals surface area contributed by atoms with Crippen molar-refractivity contribution in [1.82, 2.24) is 10.2 Å². The van der Waals surface area contributed by atoms with E-state index in [1.807, 2.05) is 29.2 Å². The van der Waals surface area contributed by atoms with E-state index in [0.717, 1.165) is 50.0 Å². The number of amides is 2. The Kier molecular flexibility index (Phi) is 5.33. The molecule has 31 heavy (non-hydrogen) atoms. The molecule has 5 heteroatoms. The third kappa shape index (κ3) is 4.00. The molecular weight excluding hydrogens is 386 g/mol. The molecule has 0 atom stereocenters. The first kappa shape index (κ1) is 19.6. The van der Waals surface area contributed by atoms with Crippen molar-refractivity contribution in [2.24, 2.45) is 0 Å². The number of likely N-dealkylation sites (tertiary alicyclic amines) is 1. The van der Waals surface area contributed by atoms with Gasteiger partial charge < -0.3 is 15.5 Å². The lowest BCUT2D eigenvalue weighted by Gasteiger charge is -2.15. The van der Waals surface area contributed by atoms with Crippen LogP contribution in [0.4, 0.5) is 5.69 Å². The largest absolute Gasteiger partial charge is 0.376 e. The summed E-state index contributed by atoms with van der Waals surface area (Å²) in [5.41, 5.74) is 5.49. The smallest absolute Gasteiger partial charge is 0.253 e. The van der Waals surface area contributed by atoms with E-state index in [0.29, 0.717) is 12.1 Å². The molecule has 3 aromatic carbocycles. The normalized spacial score (nSPS) is 14.8. The average molecular weight is 414 g/mol. The van der Waals surface area contributed by atoms with Gasteiger partial charge >= 0.3 is 0 Å². The fourth-order valence-electron chi connectivity index (χ4n) is 4.71. The topological polar surface area (TPSA) is 61.4 Å². The summed E-state index contributed by atoms with van der Waals surface area (Å²) in [5.74, 6) is 0.0446. The number of anilines is 1. The van der Waals surface area contributed by atoms with E-state index in [2.05, 4.69) is 41.0 Å². The molecule has 158 valence electrons. The second-order valence-electron chi connectivity index (χ2n) is 8.44. The summed E-state index contributed by atoms with van der Waals surface area (Å²) in [5, 5.41) is 8.80. The van der Waals surface area contributed by atoms with Crippen LogP contribution < -0.4 is 10.6 Å². The van der Waals surface area contributed by atoms with Crippen LogP contribution in [0.2, 0.25) is 0 Å². The van der Waals surface area contributed by atoms with E-state index in [-0.39, 0.29) is 18.4 Å². The first-order valence-electron chi connectivity index (χ1n) is 11.1.